The fourth-order valence-electron chi connectivity index (χ4n) is 4.83. The number of fused-ring (bicyclic) bond motifs is 3. The van der Waals surface area contributed by atoms with Crippen molar-refractivity contribution in [2.75, 3.05) is 20.8 Å². The van der Waals surface area contributed by atoms with Crippen LogP contribution < -0.4 is 19.5 Å². The SMILES string of the molecule is COc1ccc(C(NC2c3ccccc3-c3ccccc32)c2ccc(OCC(=O)O)cc2)c(OC)c1. The Balaban J connectivity index is 1.57. The number of hydrogen-bond acceptors (Lipinski definition) is 5. The maximum Gasteiger partial charge on any atom is 0.341 e. The Morgan fingerprint density at radius 3 is 2.03 bits per heavy atom. The first-order valence-corrected chi connectivity index (χ1v) is 11.7. The Morgan fingerprint density at radius 2 is 1.44 bits per heavy atom. The fraction of sp³-hybridized carbons (Fsp3) is 0.167. The average Bonchev–Trinajstić information content (AvgIpc) is 3.24. The van der Waals surface area contributed by atoms with E-state index >= 15 is 0 Å². The molecule has 182 valence electrons. The molecule has 1 aliphatic carbocycles. The van der Waals surface area contributed by atoms with Gasteiger partial charge in [-0.2, -0.15) is 0 Å². The van der Waals surface area contributed by atoms with Gasteiger partial charge in [-0.15, -0.1) is 0 Å². The van der Waals surface area contributed by atoms with Gasteiger partial charge in [0.2, 0.25) is 0 Å². The highest BCUT2D eigenvalue weighted by molar-refractivity contribution is 5.78. The molecule has 1 unspecified atom stereocenters. The topological polar surface area (TPSA) is 77.0 Å². The minimum Gasteiger partial charge on any atom is -0.497 e. The predicted molar refractivity (Wildman–Crippen MR) is 138 cm³/mol. The molecule has 0 saturated heterocycles. The van der Waals surface area contributed by atoms with E-state index in [-0.39, 0.29) is 18.7 Å². The van der Waals surface area contributed by atoms with E-state index < -0.39 is 5.97 Å². The number of benzene rings is 4. The molecule has 0 aromatic heterocycles. The molecule has 0 saturated carbocycles. The zero-order valence-corrected chi connectivity index (χ0v) is 20.1. The summed E-state index contributed by atoms with van der Waals surface area (Å²) in [6.07, 6.45) is 0. The number of carboxylic acid groups (broad SMARTS) is 1. The number of carbonyl (C=O) groups is 1. The quantitative estimate of drug-likeness (QED) is 0.323. The van der Waals surface area contributed by atoms with Gasteiger partial charge in [-0.25, -0.2) is 4.79 Å². The summed E-state index contributed by atoms with van der Waals surface area (Å²) in [5, 5.41) is 12.8. The Hall–Kier alpha value is -4.29. The van der Waals surface area contributed by atoms with Crippen LogP contribution in [0.5, 0.6) is 17.2 Å². The lowest BCUT2D eigenvalue weighted by Gasteiger charge is -2.27. The lowest BCUT2D eigenvalue weighted by atomic mass is 9.94. The van der Waals surface area contributed by atoms with E-state index in [9.17, 15) is 4.79 Å². The van der Waals surface area contributed by atoms with Gasteiger partial charge in [-0.05, 0) is 52.1 Å². The maximum absolute atomic E-state index is 10.9. The fourth-order valence-corrected chi connectivity index (χ4v) is 4.83. The van der Waals surface area contributed by atoms with Crippen LogP contribution in [0.15, 0.2) is 91.0 Å². The van der Waals surface area contributed by atoms with Crippen molar-refractivity contribution in [3.63, 3.8) is 0 Å². The molecule has 0 spiro atoms. The third-order valence-electron chi connectivity index (χ3n) is 6.49. The third kappa shape index (κ3) is 4.51. The van der Waals surface area contributed by atoms with Crippen LogP contribution in [0, 0.1) is 0 Å². The monoisotopic (exact) mass is 481 g/mol. The zero-order chi connectivity index (χ0) is 25.1. The maximum atomic E-state index is 10.9. The van der Waals surface area contributed by atoms with Crippen molar-refractivity contribution in [1.29, 1.82) is 0 Å². The van der Waals surface area contributed by atoms with Gasteiger partial charge >= 0.3 is 5.97 Å². The lowest BCUT2D eigenvalue weighted by molar-refractivity contribution is -0.139. The van der Waals surface area contributed by atoms with Crippen LogP contribution >= 0.6 is 0 Å². The van der Waals surface area contributed by atoms with Gasteiger partial charge in [0.15, 0.2) is 6.61 Å². The number of methoxy groups -OCH3 is 2. The van der Waals surface area contributed by atoms with Gasteiger partial charge in [0.1, 0.15) is 17.2 Å². The number of ether oxygens (including phenoxy) is 3. The number of nitrogens with one attached hydrogen (secondary N) is 1. The summed E-state index contributed by atoms with van der Waals surface area (Å²) >= 11 is 0. The summed E-state index contributed by atoms with van der Waals surface area (Å²) in [7, 11) is 3.28. The Labute approximate surface area is 210 Å². The molecule has 36 heavy (non-hydrogen) atoms. The molecule has 6 heteroatoms. The molecule has 0 bridgehead atoms. The molecule has 4 aromatic carbocycles. The van der Waals surface area contributed by atoms with E-state index in [4.69, 9.17) is 19.3 Å². The van der Waals surface area contributed by atoms with Crippen molar-refractivity contribution in [1.82, 2.24) is 5.32 Å². The second-order valence-electron chi connectivity index (χ2n) is 8.57. The smallest absolute Gasteiger partial charge is 0.341 e. The number of aliphatic carboxylic acids is 1. The summed E-state index contributed by atoms with van der Waals surface area (Å²) in [5.41, 5.74) is 6.84. The van der Waals surface area contributed by atoms with Crippen molar-refractivity contribution in [3.05, 3.63) is 113 Å². The normalized spacial score (nSPS) is 12.9. The van der Waals surface area contributed by atoms with E-state index in [1.165, 1.54) is 22.3 Å². The second-order valence-corrected chi connectivity index (χ2v) is 8.57. The number of rotatable bonds is 9. The molecule has 1 atom stereocenters. The van der Waals surface area contributed by atoms with Gasteiger partial charge < -0.3 is 19.3 Å². The van der Waals surface area contributed by atoms with Crippen LogP contribution in [0.1, 0.15) is 34.3 Å². The number of hydrogen-bond donors (Lipinski definition) is 2. The van der Waals surface area contributed by atoms with Crippen LogP contribution in [0.2, 0.25) is 0 Å². The molecule has 6 nitrogen and oxygen atoms in total. The van der Waals surface area contributed by atoms with E-state index in [1.54, 1.807) is 26.4 Å². The Morgan fingerprint density at radius 1 is 0.833 bits per heavy atom. The van der Waals surface area contributed by atoms with Gasteiger partial charge in [0.25, 0.3) is 0 Å². The molecule has 0 fully saturated rings. The van der Waals surface area contributed by atoms with Gasteiger partial charge in [-0.1, -0.05) is 60.7 Å². The summed E-state index contributed by atoms with van der Waals surface area (Å²) in [6, 6.07) is 30.0. The first-order valence-electron chi connectivity index (χ1n) is 11.7. The molecular weight excluding hydrogens is 454 g/mol. The van der Waals surface area contributed by atoms with Crippen molar-refractivity contribution in [2.45, 2.75) is 12.1 Å². The van der Waals surface area contributed by atoms with Crippen LogP contribution in [0.25, 0.3) is 11.1 Å². The van der Waals surface area contributed by atoms with Crippen LogP contribution in [0.4, 0.5) is 0 Å². The molecule has 1 aliphatic rings. The summed E-state index contributed by atoms with van der Waals surface area (Å²) in [5.74, 6) is 0.902. The Bertz CT molecular complexity index is 1340. The van der Waals surface area contributed by atoms with Crippen molar-refractivity contribution in [3.8, 4) is 28.4 Å². The van der Waals surface area contributed by atoms with E-state index in [0.717, 1.165) is 11.1 Å². The third-order valence-corrected chi connectivity index (χ3v) is 6.49. The minimum atomic E-state index is -1.01. The number of carboxylic acids is 1. The molecular formula is C30H27NO5. The first kappa shape index (κ1) is 23.5. The molecule has 0 amide bonds. The standard InChI is InChI=1S/C30H27NO5/c1-34-21-15-16-26(27(17-21)35-2)29(19-11-13-20(14-12-19)36-18-28(32)33)31-30-24-9-5-3-7-22(24)23-8-4-6-10-25(23)30/h3-17,29-31H,18H2,1-2H3,(H,32,33). The average molecular weight is 482 g/mol. The van der Waals surface area contributed by atoms with Gasteiger partial charge in [0.05, 0.1) is 26.3 Å². The van der Waals surface area contributed by atoms with Crippen molar-refractivity contribution < 1.29 is 24.1 Å². The van der Waals surface area contributed by atoms with Gasteiger partial charge in [0, 0.05) is 11.6 Å². The summed E-state index contributed by atoms with van der Waals surface area (Å²) < 4.78 is 16.5. The van der Waals surface area contributed by atoms with E-state index in [2.05, 4.69) is 53.8 Å². The molecule has 2 N–H and O–H groups in total. The van der Waals surface area contributed by atoms with Crippen LogP contribution in [0.3, 0.4) is 0 Å². The largest absolute Gasteiger partial charge is 0.497 e. The summed E-state index contributed by atoms with van der Waals surface area (Å²) in [6.45, 7) is -0.386. The molecule has 4 aromatic rings. The molecule has 0 aliphatic heterocycles. The molecule has 0 radical (unpaired) electrons. The zero-order valence-electron chi connectivity index (χ0n) is 20.1. The molecule has 0 heterocycles. The van der Waals surface area contributed by atoms with E-state index in [0.29, 0.717) is 17.2 Å². The minimum absolute atomic E-state index is 0.0304. The van der Waals surface area contributed by atoms with Crippen LogP contribution in [-0.4, -0.2) is 31.9 Å². The summed E-state index contributed by atoms with van der Waals surface area (Å²) in [4.78, 5) is 10.9. The highest BCUT2D eigenvalue weighted by Crippen LogP contribution is 2.45. The highest BCUT2D eigenvalue weighted by atomic mass is 16.5. The van der Waals surface area contributed by atoms with Crippen molar-refractivity contribution >= 4 is 5.97 Å². The van der Waals surface area contributed by atoms with Crippen molar-refractivity contribution in [2.24, 2.45) is 0 Å². The van der Waals surface area contributed by atoms with Crippen LogP contribution in [-0.2, 0) is 4.79 Å². The first-order chi connectivity index (χ1) is 17.6. The highest BCUT2D eigenvalue weighted by Gasteiger charge is 2.31. The second kappa shape index (κ2) is 10.1. The Kier molecular flexibility index (Phi) is 6.60. The van der Waals surface area contributed by atoms with E-state index in [1.807, 2.05) is 30.3 Å². The molecule has 5 rings (SSSR count). The predicted octanol–water partition coefficient (Wildman–Crippen LogP) is 5.62. The van der Waals surface area contributed by atoms with Gasteiger partial charge in [-0.3, -0.25) is 5.32 Å². The lowest BCUT2D eigenvalue weighted by Crippen LogP contribution is -2.27.